The molecule has 0 saturated carbocycles. The number of allylic oxidation sites excluding steroid dienone is 4. The van der Waals surface area contributed by atoms with Crippen molar-refractivity contribution in [2.24, 2.45) is 5.92 Å². The van der Waals surface area contributed by atoms with E-state index in [2.05, 4.69) is 50.2 Å². The second kappa shape index (κ2) is 13.3. The van der Waals surface area contributed by atoms with Crippen LogP contribution >= 0.6 is 0 Å². The first-order valence-corrected chi connectivity index (χ1v) is 15.2. The van der Waals surface area contributed by atoms with Crippen molar-refractivity contribution < 1.29 is 19.0 Å². The molecule has 0 radical (unpaired) electrons. The van der Waals surface area contributed by atoms with Crippen LogP contribution < -0.4 is 0 Å². The molecule has 0 aromatic heterocycles. The minimum atomic E-state index is -1.38. The average molecular weight is 467 g/mol. The fourth-order valence-electron chi connectivity index (χ4n) is 3.34. The Morgan fingerprint density at radius 1 is 1.21 bits per heavy atom. The summed E-state index contributed by atoms with van der Waals surface area (Å²) >= 11 is 0. The highest BCUT2D eigenvalue weighted by Crippen LogP contribution is 2.32. The summed E-state index contributed by atoms with van der Waals surface area (Å²) in [4.78, 5) is 11.8. The third kappa shape index (κ3) is 9.96. The molecule has 0 aliphatic carbocycles. The number of rotatable bonds is 8. The lowest BCUT2D eigenvalue weighted by Crippen LogP contribution is -2.35. The Hall–Kier alpha value is -2.39. The Bertz CT molecular complexity index is 913. The highest BCUT2D eigenvalue weighted by molar-refractivity contribution is 6.83. The molecule has 0 amide bonds. The first kappa shape index (κ1) is 26.9. The van der Waals surface area contributed by atoms with Crippen LogP contribution in [0.5, 0.6) is 0 Å². The largest absolute Gasteiger partial charge is 0.463 e. The lowest BCUT2D eigenvalue weighted by atomic mass is 9.94. The molecule has 1 aromatic rings. The van der Waals surface area contributed by atoms with Crippen molar-refractivity contribution in [1.29, 1.82) is 0 Å². The summed E-state index contributed by atoms with van der Waals surface area (Å²) in [5.41, 5.74) is 6.13. The molecule has 1 saturated heterocycles. The van der Waals surface area contributed by atoms with E-state index in [9.17, 15) is 4.79 Å². The topological polar surface area (TPSA) is 44.8 Å². The van der Waals surface area contributed by atoms with E-state index in [1.165, 1.54) is 0 Å². The maximum Gasteiger partial charge on any atom is 0.333 e. The van der Waals surface area contributed by atoms with Crippen molar-refractivity contribution in [1.82, 2.24) is 0 Å². The molecule has 1 aliphatic heterocycles. The fourth-order valence-corrected chi connectivity index (χ4v) is 3.84. The second-order valence-corrected chi connectivity index (χ2v) is 14.1. The van der Waals surface area contributed by atoms with Gasteiger partial charge in [-0.3, -0.25) is 0 Å². The summed E-state index contributed by atoms with van der Waals surface area (Å²) in [6.07, 6.45) is 9.27. The second-order valence-electron chi connectivity index (χ2n) is 9.39. The molecule has 4 nitrogen and oxygen atoms in total. The van der Waals surface area contributed by atoms with Crippen molar-refractivity contribution >= 4 is 14.0 Å². The molecule has 0 unspecified atom stereocenters. The number of carbonyl (C=O) groups is 1. The molecule has 1 heterocycles. The van der Waals surface area contributed by atoms with E-state index < -0.39 is 8.07 Å². The van der Waals surface area contributed by atoms with Gasteiger partial charge in [-0.25, -0.2) is 4.79 Å². The Morgan fingerprint density at radius 2 is 1.94 bits per heavy atom. The minimum absolute atomic E-state index is 0.0893. The van der Waals surface area contributed by atoms with Gasteiger partial charge in [-0.15, -0.1) is 5.54 Å². The van der Waals surface area contributed by atoms with E-state index in [-0.39, 0.29) is 24.3 Å². The van der Waals surface area contributed by atoms with Crippen molar-refractivity contribution in [2.75, 3.05) is 13.2 Å². The number of hydrogen-bond acceptors (Lipinski definition) is 4. The summed E-state index contributed by atoms with van der Waals surface area (Å²) in [6, 6.07) is 10.0. The molecule has 178 valence electrons. The normalized spacial score (nSPS) is 22.1. The van der Waals surface area contributed by atoms with Gasteiger partial charge in [-0.05, 0) is 45.3 Å². The van der Waals surface area contributed by atoms with E-state index in [0.29, 0.717) is 18.8 Å². The maximum atomic E-state index is 11.8. The molecule has 1 aromatic carbocycles. The van der Waals surface area contributed by atoms with Crippen molar-refractivity contribution in [2.45, 2.75) is 65.6 Å². The number of ether oxygens (including phenoxy) is 3. The molecule has 0 bridgehead atoms. The molecule has 1 aliphatic rings. The van der Waals surface area contributed by atoms with Crippen molar-refractivity contribution in [3.8, 4) is 11.5 Å². The number of hydrogen-bond donors (Lipinski definition) is 0. The van der Waals surface area contributed by atoms with Crippen LogP contribution in [0.2, 0.25) is 19.6 Å². The van der Waals surface area contributed by atoms with Crippen molar-refractivity contribution in [3.05, 3.63) is 71.3 Å². The summed E-state index contributed by atoms with van der Waals surface area (Å²) in [7, 11) is -1.38. The summed E-state index contributed by atoms with van der Waals surface area (Å²) in [5, 5.41) is 0. The average Bonchev–Trinajstić information content (AvgIpc) is 2.78. The summed E-state index contributed by atoms with van der Waals surface area (Å²) in [5.74, 6) is 3.14. The van der Waals surface area contributed by atoms with Crippen LogP contribution in [0.15, 0.2) is 65.8 Å². The zero-order valence-corrected chi connectivity index (χ0v) is 21.9. The third-order valence-electron chi connectivity index (χ3n) is 5.16. The monoisotopic (exact) mass is 466 g/mol. The molecule has 33 heavy (non-hydrogen) atoms. The Balaban J connectivity index is 2.11. The van der Waals surface area contributed by atoms with Crippen LogP contribution in [0.3, 0.4) is 0 Å². The molecule has 1 fully saturated rings. The number of benzene rings is 1. The van der Waals surface area contributed by atoms with Gasteiger partial charge in [-0.1, -0.05) is 74.1 Å². The van der Waals surface area contributed by atoms with Gasteiger partial charge in [0, 0.05) is 17.1 Å². The summed E-state index contributed by atoms with van der Waals surface area (Å²) < 4.78 is 17.5. The molecular formula is C28H38O4Si. The van der Waals surface area contributed by atoms with E-state index in [1.54, 1.807) is 6.92 Å². The highest BCUT2D eigenvalue weighted by Gasteiger charge is 2.30. The summed E-state index contributed by atoms with van der Waals surface area (Å²) in [6.45, 7) is 13.4. The first-order valence-electron chi connectivity index (χ1n) is 11.7. The molecular weight excluding hydrogens is 428 g/mol. The predicted molar refractivity (Wildman–Crippen MR) is 137 cm³/mol. The molecule has 2 rings (SSSR count). The van der Waals surface area contributed by atoms with Crippen LogP contribution in [0.1, 0.15) is 45.5 Å². The van der Waals surface area contributed by atoms with Gasteiger partial charge in [0.15, 0.2) is 6.29 Å². The van der Waals surface area contributed by atoms with Gasteiger partial charge in [0.05, 0.1) is 19.3 Å². The van der Waals surface area contributed by atoms with Crippen LogP contribution in [0.4, 0.5) is 0 Å². The molecule has 0 spiro atoms. The van der Waals surface area contributed by atoms with Gasteiger partial charge in [0.2, 0.25) is 0 Å². The molecule has 3 atom stereocenters. The quantitative estimate of drug-likeness (QED) is 0.146. The van der Waals surface area contributed by atoms with Crippen LogP contribution in [0.25, 0.3) is 0 Å². The zero-order valence-electron chi connectivity index (χ0n) is 20.9. The lowest BCUT2D eigenvalue weighted by molar-refractivity contribution is -0.229. The van der Waals surface area contributed by atoms with E-state index in [1.807, 2.05) is 49.4 Å². The van der Waals surface area contributed by atoms with Gasteiger partial charge in [0.25, 0.3) is 0 Å². The number of esters is 1. The van der Waals surface area contributed by atoms with Gasteiger partial charge < -0.3 is 14.2 Å². The highest BCUT2D eigenvalue weighted by atomic mass is 28.3. The lowest BCUT2D eigenvalue weighted by Gasteiger charge is -2.35. The first-order chi connectivity index (χ1) is 15.7. The molecule has 5 heteroatoms. The van der Waals surface area contributed by atoms with E-state index in [0.717, 1.165) is 24.0 Å². The van der Waals surface area contributed by atoms with Gasteiger partial charge in [-0.2, -0.15) is 0 Å². The Labute approximate surface area is 200 Å². The van der Waals surface area contributed by atoms with Gasteiger partial charge >= 0.3 is 5.97 Å². The van der Waals surface area contributed by atoms with Crippen LogP contribution in [0, 0.1) is 17.4 Å². The van der Waals surface area contributed by atoms with Gasteiger partial charge in [0.1, 0.15) is 8.07 Å². The van der Waals surface area contributed by atoms with Crippen LogP contribution in [-0.4, -0.2) is 33.4 Å². The number of carbonyl (C=O) groups excluding carboxylic acids is 1. The SMILES string of the molecule is CCOC(=O)/C(C)=C/CC[C@@H]1CO[C@@H](c2ccccc2)O[C@H]1/C=C/C(C)=C/C#C[Si](C)(C)C. The maximum absolute atomic E-state index is 11.8. The zero-order chi connectivity index (χ0) is 24.3. The van der Waals surface area contributed by atoms with Crippen molar-refractivity contribution in [3.63, 3.8) is 0 Å². The standard InChI is InChI=1S/C28H38O4Si/c1-7-30-27(29)23(3)14-11-17-25-21-31-28(24-15-9-8-10-16-24)32-26(25)19-18-22(2)13-12-20-33(4,5)6/h8-10,13-16,18-19,25-26,28H,7,11,17,21H2,1-6H3/b19-18+,22-13+,23-14+/t25-,26+,28-/m1/s1. The van der Waals surface area contributed by atoms with Crippen LogP contribution in [-0.2, 0) is 19.0 Å². The Morgan fingerprint density at radius 3 is 2.61 bits per heavy atom. The smallest absolute Gasteiger partial charge is 0.333 e. The van der Waals surface area contributed by atoms with E-state index >= 15 is 0 Å². The predicted octanol–water partition coefficient (Wildman–Crippen LogP) is 6.39. The van der Waals surface area contributed by atoms with E-state index in [4.69, 9.17) is 14.2 Å². The minimum Gasteiger partial charge on any atom is -0.463 e. The Kier molecular flexibility index (Phi) is 10.9. The fraction of sp³-hybridized carbons (Fsp3) is 0.464. The third-order valence-corrected chi connectivity index (χ3v) is 6.05. The molecule has 0 N–H and O–H groups in total.